The van der Waals surface area contributed by atoms with Gasteiger partial charge in [-0.15, -0.1) is 11.8 Å². The van der Waals surface area contributed by atoms with Crippen LogP contribution in [-0.2, 0) is 4.79 Å². The first-order chi connectivity index (χ1) is 9.28. The first-order valence-electron chi connectivity index (χ1n) is 6.78. The molecule has 2 aliphatic heterocycles. The summed E-state index contributed by atoms with van der Waals surface area (Å²) in [5.74, 6) is 1.33. The van der Waals surface area contributed by atoms with Crippen molar-refractivity contribution in [2.75, 3.05) is 18.8 Å². The number of carbonyl (C=O) groups is 1. The zero-order valence-corrected chi connectivity index (χ0v) is 11.7. The fourth-order valence-corrected chi connectivity index (χ4v) is 5.01. The molecular weight excluding hydrogens is 258 g/mol. The van der Waals surface area contributed by atoms with Crippen molar-refractivity contribution in [3.63, 3.8) is 0 Å². The van der Waals surface area contributed by atoms with Crippen LogP contribution in [0.5, 0.6) is 0 Å². The van der Waals surface area contributed by atoms with Crippen molar-refractivity contribution in [1.29, 1.82) is 0 Å². The molecule has 4 nitrogen and oxygen atoms in total. The molecule has 0 aromatic rings. The third-order valence-corrected chi connectivity index (χ3v) is 5.90. The molecule has 1 spiro atoms. The number of nitrogens with zero attached hydrogens (tertiary/aromatic N) is 1. The van der Waals surface area contributed by atoms with Crippen LogP contribution in [-0.4, -0.2) is 35.2 Å². The highest BCUT2D eigenvalue weighted by Crippen LogP contribution is 2.53. The highest BCUT2D eigenvalue weighted by Gasteiger charge is 2.53. The molecule has 1 fully saturated rings. The molecule has 3 unspecified atom stereocenters. The van der Waals surface area contributed by atoms with E-state index < -0.39 is 0 Å². The van der Waals surface area contributed by atoms with Crippen molar-refractivity contribution in [2.24, 2.45) is 22.6 Å². The largest absolute Gasteiger partial charge is 0.355 e. The molecule has 102 valence electrons. The van der Waals surface area contributed by atoms with Gasteiger partial charge in [0.05, 0.1) is 10.7 Å². The molecule has 3 aliphatic rings. The molecule has 1 aliphatic carbocycles. The Morgan fingerprint density at radius 3 is 3.32 bits per heavy atom. The van der Waals surface area contributed by atoms with Gasteiger partial charge in [-0.3, -0.25) is 9.79 Å². The zero-order valence-electron chi connectivity index (χ0n) is 10.8. The summed E-state index contributed by atoms with van der Waals surface area (Å²) in [6.07, 6.45) is 10.3. The molecular formula is C14H19N3OS. The topological polar surface area (TPSA) is 67.5 Å². The maximum absolute atomic E-state index is 12.3. The van der Waals surface area contributed by atoms with Crippen molar-refractivity contribution in [3.05, 3.63) is 24.4 Å². The van der Waals surface area contributed by atoms with Crippen molar-refractivity contribution in [3.8, 4) is 0 Å². The van der Waals surface area contributed by atoms with Gasteiger partial charge in [-0.1, -0.05) is 18.2 Å². The van der Waals surface area contributed by atoms with Crippen molar-refractivity contribution >= 4 is 23.4 Å². The average molecular weight is 277 g/mol. The van der Waals surface area contributed by atoms with E-state index in [1.165, 1.54) is 5.71 Å². The summed E-state index contributed by atoms with van der Waals surface area (Å²) in [4.78, 5) is 16.8. The Bertz CT molecular complexity index is 471. The number of nitrogens with one attached hydrogen (secondary N) is 1. The molecule has 3 atom stereocenters. The quantitative estimate of drug-likeness (QED) is 0.759. The zero-order chi connectivity index (χ0) is 13.3. The molecule has 19 heavy (non-hydrogen) atoms. The lowest BCUT2D eigenvalue weighted by Crippen LogP contribution is -2.46. The van der Waals surface area contributed by atoms with Gasteiger partial charge < -0.3 is 11.1 Å². The lowest BCUT2D eigenvalue weighted by atomic mass is 9.73. The van der Waals surface area contributed by atoms with Crippen LogP contribution in [0.25, 0.3) is 0 Å². The minimum atomic E-state index is 0.0359. The Morgan fingerprint density at radius 2 is 2.47 bits per heavy atom. The number of hydrogen-bond acceptors (Lipinski definition) is 4. The first kappa shape index (κ1) is 12.9. The monoisotopic (exact) mass is 277 g/mol. The molecule has 1 amide bonds. The third-order valence-electron chi connectivity index (χ3n) is 4.18. The van der Waals surface area contributed by atoms with Crippen LogP contribution in [0.4, 0.5) is 0 Å². The van der Waals surface area contributed by atoms with Crippen molar-refractivity contribution < 1.29 is 4.79 Å². The second-order valence-electron chi connectivity index (χ2n) is 5.21. The molecule has 5 heteroatoms. The maximum atomic E-state index is 12.3. The van der Waals surface area contributed by atoms with Gasteiger partial charge in [0, 0.05) is 43.1 Å². The van der Waals surface area contributed by atoms with Crippen LogP contribution in [0.2, 0.25) is 0 Å². The summed E-state index contributed by atoms with van der Waals surface area (Å²) < 4.78 is 0.0359. The Labute approximate surface area is 117 Å². The summed E-state index contributed by atoms with van der Waals surface area (Å²) in [5, 5.41) is 2.93. The van der Waals surface area contributed by atoms with Gasteiger partial charge in [0.2, 0.25) is 5.91 Å². The number of allylic oxidation sites excluding steroid dienone is 3. The van der Waals surface area contributed by atoms with E-state index in [4.69, 9.17) is 5.73 Å². The smallest absolute Gasteiger partial charge is 0.224 e. The molecule has 0 bridgehead atoms. The number of aliphatic imine (C=N–C) groups is 1. The van der Waals surface area contributed by atoms with Crippen molar-refractivity contribution in [2.45, 2.75) is 17.6 Å². The van der Waals surface area contributed by atoms with Crippen LogP contribution < -0.4 is 11.1 Å². The Balaban J connectivity index is 1.82. The second kappa shape index (κ2) is 5.13. The van der Waals surface area contributed by atoms with Crippen LogP contribution in [0.3, 0.4) is 0 Å². The average Bonchev–Trinajstić information content (AvgIpc) is 2.82. The summed E-state index contributed by atoms with van der Waals surface area (Å²) in [6, 6.07) is 0. The fraction of sp³-hybridized carbons (Fsp3) is 0.571. The number of rotatable bonds is 3. The lowest BCUT2D eigenvalue weighted by Gasteiger charge is -2.38. The van der Waals surface area contributed by atoms with E-state index in [-0.39, 0.29) is 22.5 Å². The Morgan fingerprint density at radius 1 is 1.58 bits per heavy atom. The summed E-state index contributed by atoms with van der Waals surface area (Å²) in [6.45, 7) is 1.05. The van der Waals surface area contributed by atoms with Gasteiger partial charge in [0.15, 0.2) is 0 Å². The molecule has 3 N–H and O–H groups in total. The first-order valence-corrected chi connectivity index (χ1v) is 7.77. The Kier molecular flexibility index (Phi) is 3.50. The molecule has 0 aromatic carbocycles. The summed E-state index contributed by atoms with van der Waals surface area (Å²) >= 11 is 1.90. The molecule has 0 radical (unpaired) electrons. The van der Waals surface area contributed by atoms with Gasteiger partial charge in [0.1, 0.15) is 0 Å². The summed E-state index contributed by atoms with van der Waals surface area (Å²) in [7, 11) is 0. The van der Waals surface area contributed by atoms with E-state index in [0.717, 1.165) is 18.6 Å². The highest BCUT2D eigenvalue weighted by molar-refractivity contribution is 8.01. The standard InChI is InChI=1S/C14H19N3OS/c15-6-8-17-13(18)10-9-19-14-5-2-1-3-12(14)16-7-4-11(10)14/h1-2,4,7,10-11H,3,5-6,8-9,15H2,(H,17,18). The van der Waals surface area contributed by atoms with Crippen LogP contribution >= 0.6 is 11.8 Å². The van der Waals surface area contributed by atoms with Gasteiger partial charge >= 0.3 is 0 Å². The van der Waals surface area contributed by atoms with E-state index in [9.17, 15) is 4.79 Å². The normalized spacial score (nSPS) is 35.5. The van der Waals surface area contributed by atoms with Gasteiger partial charge in [-0.05, 0) is 6.42 Å². The molecule has 0 saturated carbocycles. The number of thioether (sulfide) groups is 1. The number of nitrogens with two attached hydrogens (primary N) is 1. The van der Waals surface area contributed by atoms with Gasteiger partial charge in [-0.25, -0.2) is 0 Å². The van der Waals surface area contributed by atoms with Crippen LogP contribution in [0.1, 0.15) is 12.8 Å². The second-order valence-corrected chi connectivity index (χ2v) is 6.56. The molecule has 1 saturated heterocycles. The van der Waals surface area contributed by atoms with Crippen LogP contribution in [0, 0.1) is 11.8 Å². The van der Waals surface area contributed by atoms with E-state index >= 15 is 0 Å². The number of amides is 1. The number of carbonyl (C=O) groups excluding carboxylic acids is 1. The molecule has 2 heterocycles. The van der Waals surface area contributed by atoms with E-state index in [1.54, 1.807) is 0 Å². The van der Waals surface area contributed by atoms with E-state index in [2.05, 4.69) is 28.5 Å². The Hall–Kier alpha value is -1.07. The van der Waals surface area contributed by atoms with Crippen LogP contribution in [0.15, 0.2) is 29.4 Å². The SMILES string of the molecule is NCCNC(=O)C1CSC23CC=CCC2=NC=CC13. The van der Waals surface area contributed by atoms with Gasteiger partial charge in [-0.2, -0.15) is 0 Å². The van der Waals surface area contributed by atoms with Crippen molar-refractivity contribution in [1.82, 2.24) is 5.32 Å². The number of hydrogen-bond donors (Lipinski definition) is 2. The van der Waals surface area contributed by atoms with E-state index in [0.29, 0.717) is 13.1 Å². The third kappa shape index (κ3) is 2.05. The summed E-state index contributed by atoms with van der Waals surface area (Å²) in [5.41, 5.74) is 6.69. The highest BCUT2D eigenvalue weighted by atomic mass is 32.2. The van der Waals surface area contributed by atoms with Gasteiger partial charge in [0.25, 0.3) is 0 Å². The lowest BCUT2D eigenvalue weighted by molar-refractivity contribution is -0.125. The minimum absolute atomic E-state index is 0.0359. The van der Waals surface area contributed by atoms with E-state index in [1.807, 2.05) is 18.0 Å². The maximum Gasteiger partial charge on any atom is 0.224 e. The molecule has 0 aromatic heterocycles. The predicted octanol–water partition coefficient (Wildman–Crippen LogP) is 1.10. The molecule has 3 rings (SSSR count). The fourth-order valence-electron chi connectivity index (χ4n) is 3.22. The minimum Gasteiger partial charge on any atom is -0.355 e. The predicted molar refractivity (Wildman–Crippen MR) is 79.2 cm³/mol.